The van der Waals surface area contributed by atoms with Gasteiger partial charge in [-0.3, -0.25) is 0 Å². The smallest absolute Gasteiger partial charge is 0.238 e. The SMILES string of the molecule is COc1cccc(OC)c1[S+](C)C. The Bertz CT molecular complexity index is 262. The normalized spacial score (nSPS) is 10.2. The largest absolute Gasteiger partial charge is 0.491 e. The predicted molar refractivity (Wildman–Crippen MR) is 57.0 cm³/mol. The van der Waals surface area contributed by atoms with E-state index in [1.165, 1.54) is 0 Å². The van der Waals surface area contributed by atoms with Gasteiger partial charge in [0.05, 0.1) is 14.2 Å². The first-order valence-electron chi connectivity index (χ1n) is 3.99. The molecular weight excluding hydrogens is 184 g/mol. The molecule has 3 heteroatoms. The van der Waals surface area contributed by atoms with Gasteiger partial charge >= 0.3 is 0 Å². The molecule has 0 N–H and O–H groups in total. The summed E-state index contributed by atoms with van der Waals surface area (Å²) in [5, 5.41) is 0. The average Bonchev–Trinajstić information content (AvgIpc) is 2.16. The zero-order valence-corrected chi connectivity index (χ0v) is 9.27. The zero-order valence-electron chi connectivity index (χ0n) is 8.46. The van der Waals surface area contributed by atoms with Gasteiger partial charge in [-0.05, 0) is 12.1 Å². The Balaban J connectivity index is 3.21. The highest BCUT2D eigenvalue weighted by Crippen LogP contribution is 2.32. The third kappa shape index (κ3) is 2.10. The van der Waals surface area contributed by atoms with Crippen molar-refractivity contribution in [1.29, 1.82) is 0 Å². The van der Waals surface area contributed by atoms with Crippen molar-refractivity contribution in [3.8, 4) is 11.5 Å². The average molecular weight is 199 g/mol. The molecule has 0 saturated carbocycles. The van der Waals surface area contributed by atoms with E-state index in [1.54, 1.807) is 14.2 Å². The van der Waals surface area contributed by atoms with Crippen LogP contribution in [0.25, 0.3) is 0 Å². The van der Waals surface area contributed by atoms with Gasteiger partial charge in [0.1, 0.15) is 12.5 Å². The van der Waals surface area contributed by atoms with Crippen LogP contribution in [0.15, 0.2) is 23.1 Å². The number of hydrogen-bond donors (Lipinski definition) is 0. The fraction of sp³-hybridized carbons (Fsp3) is 0.400. The Morgan fingerprint density at radius 2 is 1.46 bits per heavy atom. The highest BCUT2D eigenvalue weighted by atomic mass is 32.2. The van der Waals surface area contributed by atoms with Crippen LogP contribution >= 0.6 is 0 Å². The molecule has 0 aliphatic heterocycles. The van der Waals surface area contributed by atoms with Gasteiger partial charge in [-0.15, -0.1) is 0 Å². The summed E-state index contributed by atoms with van der Waals surface area (Å²) in [6.45, 7) is 0. The number of hydrogen-bond acceptors (Lipinski definition) is 2. The third-order valence-corrected chi connectivity index (χ3v) is 3.01. The fourth-order valence-electron chi connectivity index (χ4n) is 1.22. The molecule has 0 amide bonds. The first-order valence-corrected chi connectivity index (χ1v) is 6.03. The highest BCUT2D eigenvalue weighted by molar-refractivity contribution is 7.95. The highest BCUT2D eigenvalue weighted by Gasteiger charge is 2.21. The maximum Gasteiger partial charge on any atom is 0.238 e. The monoisotopic (exact) mass is 199 g/mol. The minimum absolute atomic E-state index is 0.148. The second-order valence-electron chi connectivity index (χ2n) is 2.81. The van der Waals surface area contributed by atoms with Crippen molar-refractivity contribution in [3.05, 3.63) is 18.2 Å². The molecule has 0 aliphatic rings. The first kappa shape index (κ1) is 10.3. The molecule has 2 nitrogen and oxygen atoms in total. The molecule has 0 radical (unpaired) electrons. The molecule has 0 aliphatic carbocycles. The van der Waals surface area contributed by atoms with Crippen LogP contribution in [-0.4, -0.2) is 26.7 Å². The molecule has 0 heterocycles. The zero-order chi connectivity index (χ0) is 9.84. The Morgan fingerprint density at radius 3 is 1.77 bits per heavy atom. The molecule has 0 fully saturated rings. The van der Waals surface area contributed by atoms with E-state index in [-0.39, 0.29) is 10.9 Å². The number of benzene rings is 1. The minimum atomic E-state index is 0.148. The maximum absolute atomic E-state index is 5.28. The second kappa shape index (κ2) is 4.42. The van der Waals surface area contributed by atoms with Crippen molar-refractivity contribution in [2.75, 3.05) is 26.7 Å². The molecule has 1 aromatic rings. The van der Waals surface area contributed by atoms with E-state index in [1.807, 2.05) is 18.2 Å². The van der Waals surface area contributed by atoms with Gasteiger partial charge in [-0.25, -0.2) is 0 Å². The maximum atomic E-state index is 5.28. The van der Waals surface area contributed by atoms with Gasteiger partial charge in [0.2, 0.25) is 4.90 Å². The third-order valence-electron chi connectivity index (χ3n) is 1.79. The van der Waals surface area contributed by atoms with Crippen LogP contribution < -0.4 is 9.47 Å². The molecule has 0 bridgehead atoms. The van der Waals surface area contributed by atoms with Crippen LogP contribution in [0.1, 0.15) is 0 Å². The summed E-state index contributed by atoms with van der Waals surface area (Å²) >= 11 is 0. The Labute approximate surface area is 82.2 Å². The van der Waals surface area contributed by atoms with E-state index >= 15 is 0 Å². The molecule has 72 valence electrons. The summed E-state index contributed by atoms with van der Waals surface area (Å²) in [7, 11) is 3.52. The van der Waals surface area contributed by atoms with Crippen LogP contribution in [0.3, 0.4) is 0 Å². The molecular formula is C10H15O2S+. The van der Waals surface area contributed by atoms with Gasteiger partial charge in [0.15, 0.2) is 11.5 Å². The van der Waals surface area contributed by atoms with Crippen molar-refractivity contribution in [1.82, 2.24) is 0 Å². The predicted octanol–water partition coefficient (Wildman–Crippen LogP) is 1.94. The molecule has 0 saturated heterocycles. The van der Waals surface area contributed by atoms with E-state index in [4.69, 9.17) is 9.47 Å². The van der Waals surface area contributed by atoms with Crippen LogP contribution in [0.2, 0.25) is 0 Å². The van der Waals surface area contributed by atoms with E-state index in [9.17, 15) is 0 Å². The first-order chi connectivity index (χ1) is 6.20. The second-order valence-corrected chi connectivity index (χ2v) is 4.85. The molecule has 0 unspecified atom stereocenters. The lowest BCUT2D eigenvalue weighted by Crippen LogP contribution is -2.02. The lowest BCUT2D eigenvalue weighted by atomic mass is 10.3. The Morgan fingerprint density at radius 1 is 1.00 bits per heavy atom. The van der Waals surface area contributed by atoms with Crippen molar-refractivity contribution >= 4 is 10.9 Å². The number of rotatable bonds is 3. The van der Waals surface area contributed by atoms with Crippen molar-refractivity contribution < 1.29 is 9.47 Å². The minimum Gasteiger partial charge on any atom is -0.491 e. The van der Waals surface area contributed by atoms with E-state index in [0.29, 0.717) is 0 Å². The molecule has 1 rings (SSSR count). The lowest BCUT2D eigenvalue weighted by molar-refractivity contribution is 0.376. The molecule has 0 atom stereocenters. The van der Waals surface area contributed by atoms with Crippen molar-refractivity contribution in [3.63, 3.8) is 0 Å². The summed E-state index contributed by atoms with van der Waals surface area (Å²) in [5.74, 6) is 1.82. The van der Waals surface area contributed by atoms with Gasteiger partial charge in [0, 0.05) is 10.9 Å². The van der Waals surface area contributed by atoms with E-state index < -0.39 is 0 Å². The summed E-state index contributed by atoms with van der Waals surface area (Å²) in [6, 6.07) is 5.86. The van der Waals surface area contributed by atoms with Crippen LogP contribution in [0.4, 0.5) is 0 Å². The fourth-order valence-corrected chi connectivity index (χ4v) is 2.33. The quantitative estimate of drug-likeness (QED) is 0.693. The summed E-state index contributed by atoms with van der Waals surface area (Å²) in [6.07, 6.45) is 4.31. The molecule has 13 heavy (non-hydrogen) atoms. The summed E-state index contributed by atoms with van der Waals surface area (Å²) in [4.78, 5) is 1.16. The summed E-state index contributed by atoms with van der Waals surface area (Å²) in [5.41, 5.74) is 0. The standard InChI is InChI=1S/C10H15O2S/c1-11-8-6-5-7-9(12-2)10(8)13(3)4/h5-7H,1-4H3/q+1. The van der Waals surface area contributed by atoms with Crippen molar-refractivity contribution in [2.45, 2.75) is 4.90 Å². The molecule has 1 aromatic carbocycles. The summed E-state index contributed by atoms with van der Waals surface area (Å²) < 4.78 is 10.6. The van der Waals surface area contributed by atoms with E-state index in [2.05, 4.69) is 12.5 Å². The van der Waals surface area contributed by atoms with Gasteiger partial charge in [0.25, 0.3) is 0 Å². The number of ether oxygens (including phenoxy) is 2. The van der Waals surface area contributed by atoms with Gasteiger partial charge in [-0.2, -0.15) is 0 Å². The van der Waals surface area contributed by atoms with Crippen molar-refractivity contribution in [2.24, 2.45) is 0 Å². The Kier molecular flexibility index (Phi) is 3.48. The van der Waals surface area contributed by atoms with Crippen LogP contribution in [-0.2, 0) is 10.9 Å². The topological polar surface area (TPSA) is 18.5 Å². The van der Waals surface area contributed by atoms with Gasteiger partial charge < -0.3 is 9.47 Å². The lowest BCUT2D eigenvalue weighted by Gasteiger charge is -2.08. The number of methoxy groups -OCH3 is 2. The molecule has 0 aromatic heterocycles. The molecule has 0 spiro atoms. The van der Waals surface area contributed by atoms with Crippen LogP contribution in [0, 0.1) is 0 Å². The Hall–Kier alpha value is -0.830. The van der Waals surface area contributed by atoms with Crippen LogP contribution in [0.5, 0.6) is 11.5 Å². The van der Waals surface area contributed by atoms with Gasteiger partial charge in [-0.1, -0.05) is 6.07 Å². The van der Waals surface area contributed by atoms with E-state index in [0.717, 1.165) is 16.4 Å².